The number of thiophene rings is 1. The smallest absolute Gasteiger partial charge is 0.349 e. The number of carboxylic acids is 1. The van der Waals surface area contributed by atoms with Crippen molar-refractivity contribution in [2.75, 3.05) is 7.11 Å². The lowest BCUT2D eigenvalue weighted by molar-refractivity contribution is 0.0697. The van der Waals surface area contributed by atoms with Gasteiger partial charge in [0.2, 0.25) is 0 Å². The fraction of sp³-hybridized carbons (Fsp3) is 0.154. The Hall–Kier alpha value is -2.01. The van der Waals surface area contributed by atoms with E-state index in [-0.39, 0.29) is 4.88 Å². The molecule has 1 aromatic heterocycles. The lowest BCUT2D eigenvalue weighted by Crippen LogP contribution is -2.00. The molecule has 0 aliphatic rings. The first-order valence-electron chi connectivity index (χ1n) is 5.27. The predicted molar refractivity (Wildman–Crippen MR) is 68.6 cm³/mol. The summed E-state index contributed by atoms with van der Waals surface area (Å²) >= 11 is 1.15. The number of methoxy groups -OCH3 is 1. The zero-order valence-electron chi connectivity index (χ0n) is 9.75. The molecule has 0 aliphatic heterocycles. The summed E-state index contributed by atoms with van der Waals surface area (Å²) in [5.41, 5.74) is 0.928. The van der Waals surface area contributed by atoms with E-state index in [1.165, 1.54) is 0 Å². The Morgan fingerprint density at radius 2 is 2.22 bits per heavy atom. The van der Waals surface area contributed by atoms with Crippen molar-refractivity contribution in [3.05, 3.63) is 46.2 Å². The van der Waals surface area contributed by atoms with Crippen LogP contribution in [0.25, 0.3) is 0 Å². The molecule has 0 saturated carbocycles. The van der Waals surface area contributed by atoms with E-state index < -0.39 is 5.97 Å². The van der Waals surface area contributed by atoms with E-state index in [1.807, 2.05) is 24.3 Å². The van der Waals surface area contributed by atoms with Gasteiger partial charge in [-0.2, -0.15) is 0 Å². The highest BCUT2D eigenvalue weighted by Crippen LogP contribution is 2.25. The molecule has 0 amide bonds. The van der Waals surface area contributed by atoms with Crippen LogP contribution in [0.3, 0.4) is 0 Å². The van der Waals surface area contributed by atoms with E-state index in [1.54, 1.807) is 18.6 Å². The van der Waals surface area contributed by atoms with E-state index in [0.717, 1.165) is 22.6 Å². The summed E-state index contributed by atoms with van der Waals surface area (Å²) in [6.45, 7) is 0.314. The van der Waals surface area contributed by atoms with Crippen LogP contribution in [-0.2, 0) is 6.61 Å². The number of hydrogen-bond acceptors (Lipinski definition) is 4. The zero-order valence-corrected chi connectivity index (χ0v) is 10.6. The van der Waals surface area contributed by atoms with Crippen LogP contribution >= 0.6 is 11.3 Å². The zero-order chi connectivity index (χ0) is 13.0. The van der Waals surface area contributed by atoms with Gasteiger partial charge in [0.05, 0.1) is 7.11 Å². The number of aromatic carboxylic acids is 1. The first-order chi connectivity index (χ1) is 8.70. The van der Waals surface area contributed by atoms with Gasteiger partial charge < -0.3 is 14.6 Å². The third-order valence-corrected chi connectivity index (χ3v) is 3.24. The molecular formula is C13H12O4S. The Balaban J connectivity index is 2.06. The number of ether oxygens (including phenoxy) is 2. The van der Waals surface area contributed by atoms with Crippen LogP contribution in [0.4, 0.5) is 0 Å². The molecule has 1 N–H and O–H groups in total. The van der Waals surface area contributed by atoms with Crippen LogP contribution in [-0.4, -0.2) is 18.2 Å². The third-order valence-electron chi connectivity index (χ3n) is 2.35. The Labute approximate surface area is 108 Å². The quantitative estimate of drug-likeness (QED) is 0.901. The summed E-state index contributed by atoms with van der Waals surface area (Å²) in [4.78, 5) is 11.1. The standard InChI is InChI=1S/C13H12O4S/c1-16-10-4-2-3-9(7-10)8-17-11-5-6-18-12(11)13(14)15/h2-7H,8H2,1H3,(H,14,15). The summed E-state index contributed by atoms with van der Waals surface area (Å²) in [6, 6.07) is 9.12. The second kappa shape index (κ2) is 5.55. The second-order valence-corrected chi connectivity index (χ2v) is 4.48. The minimum atomic E-state index is -0.967. The van der Waals surface area contributed by atoms with E-state index in [4.69, 9.17) is 14.6 Å². The molecule has 1 aromatic carbocycles. The molecule has 0 fully saturated rings. The van der Waals surface area contributed by atoms with Gasteiger partial charge in [-0.1, -0.05) is 12.1 Å². The highest BCUT2D eigenvalue weighted by molar-refractivity contribution is 7.12. The van der Waals surface area contributed by atoms with E-state index in [0.29, 0.717) is 12.4 Å². The molecule has 2 aromatic rings. The van der Waals surface area contributed by atoms with Crippen molar-refractivity contribution in [1.29, 1.82) is 0 Å². The first kappa shape index (κ1) is 12.4. The number of carbonyl (C=O) groups is 1. The minimum Gasteiger partial charge on any atom is -0.497 e. The van der Waals surface area contributed by atoms with Gasteiger partial charge in [0.1, 0.15) is 18.1 Å². The molecule has 0 unspecified atom stereocenters. The Bertz CT molecular complexity index is 547. The lowest BCUT2D eigenvalue weighted by atomic mass is 10.2. The van der Waals surface area contributed by atoms with Crippen LogP contribution in [0.15, 0.2) is 35.7 Å². The average molecular weight is 264 g/mol. The minimum absolute atomic E-state index is 0.220. The molecule has 0 atom stereocenters. The molecule has 0 aliphatic carbocycles. The van der Waals surface area contributed by atoms with Gasteiger partial charge in [0.25, 0.3) is 0 Å². The highest BCUT2D eigenvalue weighted by atomic mass is 32.1. The van der Waals surface area contributed by atoms with Gasteiger partial charge in [-0.15, -0.1) is 11.3 Å². The van der Waals surface area contributed by atoms with Crippen LogP contribution < -0.4 is 9.47 Å². The molecule has 94 valence electrons. The fourth-order valence-corrected chi connectivity index (χ4v) is 2.16. The highest BCUT2D eigenvalue weighted by Gasteiger charge is 2.12. The molecule has 0 saturated heterocycles. The molecular weight excluding hydrogens is 252 g/mol. The summed E-state index contributed by atoms with van der Waals surface area (Å²) < 4.78 is 10.6. The Kier molecular flexibility index (Phi) is 3.84. The maximum Gasteiger partial charge on any atom is 0.349 e. The molecule has 5 heteroatoms. The third kappa shape index (κ3) is 2.81. The van der Waals surface area contributed by atoms with Gasteiger partial charge in [-0.05, 0) is 29.1 Å². The van der Waals surface area contributed by atoms with Crippen molar-refractivity contribution in [2.24, 2.45) is 0 Å². The maximum atomic E-state index is 10.9. The molecule has 2 rings (SSSR count). The first-order valence-corrected chi connectivity index (χ1v) is 6.15. The van der Waals surface area contributed by atoms with Crippen LogP contribution in [0.1, 0.15) is 15.2 Å². The Morgan fingerprint density at radius 3 is 2.94 bits per heavy atom. The van der Waals surface area contributed by atoms with Crippen molar-refractivity contribution in [3.8, 4) is 11.5 Å². The molecule has 0 radical (unpaired) electrons. The monoisotopic (exact) mass is 264 g/mol. The summed E-state index contributed by atoms with van der Waals surface area (Å²) in [6.07, 6.45) is 0. The van der Waals surface area contributed by atoms with Crippen molar-refractivity contribution in [2.45, 2.75) is 6.61 Å². The predicted octanol–water partition coefficient (Wildman–Crippen LogP) is 3.03. The van der Waals surface area contributed by atoms with Gasteiger partial charge in [0, 0.05) is 0 Å². The molecule has 18 heavy (non-hydrogen) atoms. The van der Waals surface area contributed by atoms with Crippen molar-refractivity contribution >= 4 is 17.3 Å². The topological polar surface area (TPSA) is 55.8 Å². The number of hydrogen-bond donors (Lipinski definition) is 1. The van der Waals surface area contributed by atoms with E-state index in [2.05, 4.69) is 0 Å². The van der Waals surface area contributed by atoms with Crippen LogP contribution in [0.2, 0.25) is 0 Å². The number of carboxylic acid groups (broad SMARTS) is 1. The van der Waals surface area contributed by atoms with E-state index in [9.17, 15) is 4.79 Å². The van der Waals surface area contributed by atoms with Gasteiger partial charge in [0.15, 0.2) is 4.88 Å². The molecule has 4 nitrogen and oxygen atoms in total. The van der Waals surface area contributed by atoms with Crippen molar-refractivity contribution in [1.82, 2.24) is 0 Å². The number of rotatable bonds is 5. The van der Waals surface area contributed by atoms with Gasteiger partial charge in [-0.3, -0.25) is 0 Å². The molecule has 0 spiro atoms. The van der Waals surface area contributed by atoms with E-state index >= 15 is 0 Å². The summed E-state index contributed by atoms with van der Waals surface area (Å²) in [5, 5.41) is 10.6. The SMILES string of the molecule is COc1cccc(COc2ccsc2C(=O)O)c1. The van der Waals surface area contributed by atoms with Crippen LogP contribution in [0, 0.1) is 0 Å². The normalized spacial score (nSPS) is 10.1. The lowest BCUT2D eigenvalue weighted by Gasteiger charge is -2.07. The molecule has 0 bridgehead atoms. The van der Waals surface area contributed by atoms with Gasteiger partial charge in [-0.25, -0.2) is 4.79 Å². The fourth-order valence-electron chi connectivity index (χ4n) is 1.49. The van der Waals surface area contributed by atoms with Crippen molar-refractivity contribution < 1.29 is 19.4 Å². The second-order valence-electron chi connectivity index (χ2n) is 3.56. The summed E-state index contributed by atoms with van der Waals surface area (Å²) in [7, 11) is 1.60. The average Bonchev–Trinajstić information content (AvgIpc) is 2.85. The van der Waals surface area contributed by atoms with Gasteiger partial charge >= 0.3 is 5.97 Å². The Morgan fingerprint density at radius 1 is 1.39 bits per heavy atom. The maximum absolute atomic E-state index is 10.9. The molecule has 1 heterocycles. The van der Waals surface area contributed by atoms with Crippen LogP contribution in [0.5, 0.6) is 11.5 Å². The number of benzene rings is 1. The van der Waals surface area contributed by atoms with Crippen molar-refractivity contribution in [3.63, 3.8) is 0 Å². The largest absolute Gasteiger partial charge is 0.497 e. The summed E-state index contributed by atoms with van der Waals surface area (Å²) in [5.74, 6) is 0.181.